The van der Waals surface area contributed by atoms with Crippen LogP contribution in [-0.4, -0.2) is 41.6 Å². The number of hydrogen-bond donors (Lipinski definition) is 1. The van der Waals surface area contributed by atoms with Crippen LogP contribution in [0.5, 0.6) is 11.5 Å². The van der Waals surface area contributed by atoms with Crippen molar-refractivity contribution in [1.29, 1.82) is 0 Å². The van der Waals surface area contributed by atoms with Gasteiger partial charge >= 0.3 is 0 Å². The predicted molar refractivity (Wildman–Crippen MR) is 107 cm³/mol. The first kappa shape index (κ1) is 18.8. The van der Waals surface area contributed by atoms with Crippen molar-refractivity contribution in [3.63, 3.8) is 0 Å². The van der Waals surface area contributed by atoms with Crippen LogP contribution >= 0.6 is 11.8 Å². The van der Waals surface area contributed by atoms with Crippen LogP contribution in [0.15, 0.2) is 52.7 Å². The number of carbonyl (C=O) groups excluding carboxylic acids is 1. The number of methoxy groups -OCH3 is 2. The van der Waals surface area contributed by atoms with Gasteiger partial charge in [-0.25, -0.2) is 10.4 Å². The summed E-state index contributed by atoms with van der Waals surface area (Å²) in [6, 6.07) is 13.2. The molecule has 0 saturated heterocycles. The van der Waals surface area contributed by atoms with Gasteiger partial charge in [0.05, 0.1) is 37.2 Å². The number of aryl methyl sites for hydroxylation is 1. The monoisotopic (exact) mass is 384 g/mol. The van der Waals surface area contributed by atoms with Gasteiger partial charge in [0.15, 0.2) is 5.16 Å². The van der Waals surface area contributed by atoms with E-state index in [1.165, 1.54) is 18.0 Å². The third-order valence-electron chi connectivity index (χ3n) is 3.91. The number of nitrogens with one attached hydrogen (secondary N) is 1. The van der Waals surface area contributed by atoms with Crippen LogP contribution in [0.2, 0.25) is 0 Å². The Bertz CT molecular complexity index is 984. The molecular weight excluding hydrogens is 364 g/mol. The Morgan fingerprint density at radius 3 is 2.81 bits per heavy atom. The third-order valence-corrected chi connectivity index (χ3v) is 4.94. The van der Waals surface area contributed by atoms with Gasteiger partial charge in [0, 0.05) is 12.6 Å². The molecule has 0 aliphatic heterocycles. The molecule has 7 nitrogen and oxygen atoms in total. The Kier molecular flexibility index (Phi) is 5.97. The molecule has 0 unspecified atom stereocenters. The summed E-state index contributed by atoms with van der Waals surface area (Å²) in [7, 11) is 5.09. The molecule has 0 fully saturated rings. The standard InChI is InChI=1S/C19H20N4O3S/c1-23-16-7-5-4-6-15(16)21-19(23)27-12-18(24)22-20-11-13-10-14(25-2)8-9-17(13)26-3/h4-11H,12H2,1-3H3,(H,22,24)/b20-11+. The maximum atomic E-state index is 12.1. The molecule has 0 bridgehead atoms. The average Bonchev–Trinajstić information content (AvgIpc) is 3.02. The smallest absolute Gasteiger partial charge is 0.250 e. The van der Waals surface area contributed by atoms with Gasteiger partial charge in [0.2, 0.25) is 0 Å². The highest BCUT2D eigenvalue weighted by Gasteiger charge is 2.10. The van der Waals surface area contributed by atoms with Gasteiger partial charge in [0.25, 0.3) is 5.91 Å². The van der Waals surface area contributed by atoms with Crippen LogP contribution in [0, 0.1) is 0 Å². The fraction of sp³-hybridized carbons (Fsp3) is 0.211. The van der Waals surface area contributed by atoms with Gasteiger partial charge in [-0.3, -0.25) is 4.79 Å². The molecule has 0 saturated carbocycles. The Balaban J connectivity index is 1.59. The van der Waals surface area contributed by atoms with Crippen molar-refractivity contribution in [3.05, 3.63) is 48.0 Å². The molecule has 0 spiro atoms. The molecule has 0 aliphatic rings. The lowest BCUT2D eigenvalue weighted by Gasteiger charge is -2.06. The number of benzene rings is 2. The van der Waals surface area contributed by atoms with E-state index in [2.05, 4.69) is 15.5 Å². The molecule has 1 aromatic heterocycles. The number of para-hydroxylation sites is 2. The van der Waals surface area contributed by atoms with Crippen molar-refractivity contribution in [2.75, 3.05) is 20.0 Å². The first-order valence-electron chi connectivity index (χ1n) is 8.20. The second-order valence-electron chi connectivity index (χ2n) is 5.63. The quantitative estimate of drug-likeness (QED) is 0.385. The molecule has 3 aromatic rings. The van der Waals surface area contributed by atoms with Gasteiger partial charge in [0.1, 0.15) is 11.5 Å². The molecule has 8 heteroatoms. The number of amides is 1. The summed E-state index contributed by atoms with van der Waals surface area (Å²) < 4.78 is 12.4. The first-order chi connectivity index (χ1) is 13.1. The summed E-state index contributed by atoms with van der Waals surface area (Å²) in [5.41, 5.74) is 5.17. The molecule has 1 amide bonds. The second kappa shape index (κ2) is 8.59. The van der Waals surface area contributed by atoms with Crippen molar-refractivity contribution in [2.24, 2.45) is 12.1 Å². The van der Waals surface area contributed by atoms with Crippen molar-refractivity contribution in [3.8, 4) is 11.5 Å². The number of hydrogen-bond acceptors (Lipinski definition) is 6. The zero-order valence-electron chi connectivity index (χ0n) is 15.3. The van der Waals surface area contributed by atoms with Crippen LogP contribution in [0.4, 0.5) is 0 Å². The number of carbonyl (C=O) groups is 1. The number of ether oxygens (including phenoxy) is 2. The number of thioether (sulfide) groups is 1. The summed E-state index contributed by atoms with van der Waals surface area (Å²) in [5, 5.41) is 4.78. The van der Waals surface area contributed by atoms with E-state index in [1.807, 2.05) is 35.9 Å². The van der Waals surface area contributed by atoms with Crippen LogP contribution in [0.1, 0.15) is 5.56 Å². The topological polar surface area (TPSA) is 77.7 Å². The number of rotatable bonds is 7. The summed E-state index contributed by atoms with van der Waals surface area (Å²) >= 11 is 1.36. The fourth-order valence-electron chi connectivity index (χ4n) is 2.53. The van der Waals surface area contributed by atoms with Crippen molar-refractivity contribution < 1.29 is 14.3 Å². The molecule has 140 valence electrons. The average molecular weight is 384 g/mol. The highest BCUT2D eigenvalue weighted by atomic mass is 32.2. The summed E-state index contributed by atoms with van der Waals surface area (Å²) in [5.74, 6) is 1.32. The van der Waals surface area contributed by atoms with Crippen LogP contribution in [0.3, 0.4) is 0 Å². The van der Waals surface area contributed by atoms with Crippen molar-refractivity contribution in [1.82, 2.24) is 15.0 Å². The Labute approximate surface area is 161 Å². The largest absolute Gasteiger partial charge is 0.497 e. The van der Waals surface area contributed by atoms with E-state index in [9.17, 15) is 4.79 Å². The first-order valence-corrected chi connectivity index (χ1v) is 9.19. The van der Waals surface area contributed by atoms with E-state index in [0.717, 1.165) is 16.2 Å². The highest BCUT2D eigenvalue weighted by molar-refractivity contribution is 7.99. The number of imidazole rings is 1. The number of nitrogens with zero attached hydrogens (tertiary/aromatic N) is 3. The van der Waals surface area contributed by atoms with Gasteiger partial charge in [-0.2, -0.15) is 5.10 Å². The molecule has 1 N–H and O–H groups in total. The molecule has 3 rings (SSSR count). The van der Waals surface area contributed by atoms with E-state index < -0.39 is 0 Å². The molecule has 1 heterocycles. The molecular formula is C19H20N4O3S. The summed E-state index contributed by atoms with van der Waals surface area (Å²) in [6.45, 7) is 0. The van der Waals surface area contributed by atoms with E-state index in [1.54, 1.807) is 32.4 Å². The Hall–Kier alpha value is -3.00. The van der Waals surface area contributed by atoms with E-state index in [0.29, 0.717) is 17.1 Å². The maximum Gasteiger partial charge on any atom is 0.250 e. The highest BCUT2D eigenvalue weighted by Crippen LogP contribution is 2.23. The minimum Gasteiger partial charge on any atom is -0.497 e. The van der Waals surface area contributed by atoms with Crippen LogP contribution in [0.25, 0.3) is 11.0 Å². The van der Waals surface area contributed by atoms with E-state index >= 15 is 0 Å². The van der Waals surface area contributed by atoms with Gasteiger partial charge in [-0.15, -0.1) is 0 Å². The normalized spacial score (nSPS) is 11.1. The third kappa shape index (κ3) is 4.40. The van der Waals surface area contributed by atoms with Crippen LogP contribution < -0.4 is 14.9 Å². The molecule has 0 radical (unpaired) electrons. The minimum atomic E-state index is -0.217. The molecule has 0 atom stereocenters. The maximum absolute atomic E-state index is 12.1. The SMILES string of the molecule is COc1ccc(OC)c(/C=N/NC(=O)CSc2nc3ccccc3n2C)c1. The molecule has 0 aliphatic carbocycles. The van der Waals surface area contributed by atoms with Gasteiger partial charge in [-0.05, 0) is 30.3 Å². The Morgan fingerprint density at radius 2 is 2.07 bits per heavy atom. The lowest BCUT2D eigenvalue weighted by molar-refractivity contribution is -0.118. The van der Waals surface area contributed by atoms with Crippen molar-refractivity contribution >= 4 is 34.9 Å². The minimum absolute atomic E-state index is 0.212. The number of aromatic nitrogens is 2. The predicted octanol–water partition coefficient (Wildman–Crippen LogP) is 2.83. The zero-order chi connectivity index (χ0) is 19.2. The summed E-state index contributed by atoms with van der Waals surface area (Å²) in [6.07, 6.45) is 1.53. The molecule has 27 heavy (non-hydrogen) atoms. The van der Waals surface area contributed by atoms with E-state index in [4.69, 9.17) is 9.47 Å². The van der Waals surface area contributed by atoms with Crippen LogP contribution in [-0.2, 0) is 11.8 Å². The van der Waals surface area contributed by atoms with Gasteiger partial charge < -0.3 is 14.0 Å². The Morgan fingerprint density at radius 1 is 1.26 bits per heavy atom. The number of fused-ring (bicyclic) bond motifs is 1. The summed E-state index contributed by atoms with van der Waals surface area (Å²) in [4.78, 5) is 16.6. The second-order valence-corrected chi connectivity index (χ2v) is 6.57. The van der Waals surface area contributed by atoms with Gasteiger partial charge in [-0.1, -0.05) is 23.9 Å². The van der Waals surface area contributed by atoms with E-state index in [-0.39, 0.29) is 11.7 Å². The number of hydrazone groups is 1. The lowest BCUT2D eigenvalue weighted by atomic mass is 10.2. The zero-order valence-corrected chi connectivity index (χ0v) is 16.1. The van der Waals surface area contributed by atoms with Crippen molar-refractivity contribution in [2.45, 2.75) is 5.16 Å². The lowest BCUT2D eigenvalue weighted by Crippen LogP contribution is -2.20. The fourth-order valence-corrected chi connectivity index (χ4v) is 3.31. The molecule has 2 aromatic carbocycles.